The minimum Gasteiger partial charge on any atom is -0.465 e. The molecule has 0 unspecified atom stereocenters. The van der Waals surface area contributed by atoms with Crippen LogP contribution in [-0.4, -0.2) is 28.0 Å². The van der Waals surface area contributed by atoms with Gasteiger partial charge in [0.15, 0.2) is 0 Å². The highest BCUT2D eigenvalue weighted by atomic mass is 16.5. The van der Waals surface area contributed by atoms with E-state index >= 15 is 0 Å². The average molecular weight is 384 g/mol. The van der Waals surface area contributed by atoms with Crippen molar-refractivity contribution in [2.75, 3.05) is 12.4 Å². The van der Waals surface area contributed by atoms with Gasteiger partial charge >= 0.3 is 5.97 Å². The molecule has 0 aliphatic carbocycles. The Morgan fingerprint density at radius 3 is 2.62 bits per heavy atom. The van der Waals surface area contributed by atoms with E-state index in [1.807, 2.05) is 36.4 Å². The Balaban J connectivity index is 1.77. The number of hydrogen-bond acceptors (Lipinski definition) is 6. The van der Waals surface area contributed by atoms with Gasteiger partial charge in [0.05, 0.1) is 23.9 Å². The second-order valence-electron chi connectivity index (χ2n) is 6.62. The summed E-state index contributed by atoms with van der Waals surface area (Å²) in [5, 5.41) is 4.32. The Labute approximate surface area is 168 Å². The van der Waals surface area contributed by atoms with Crippen molar-refractivity contribution in [1.29, 1.82) is 0 Å². The largest absolute Gasteiger partial charge is 0.465 e. The number of nitrogens with one attached hydrogen (secondary N) is 1. The minimum absolute atomic E-state index is 0.0680. The summed E-state index contributed by atoms with van der Waals surface area (Å²) in [5.74, 6) is 0.303. The lowest BCUT2D eigenvalue weighted by Gasteiger charge is -2.16. The lowest BCUT2D eigenvalue weighted by atomic mass is 10.0. The van der Waals surface area contributed by atoms with E-state index in [4.69, 9.17) is 4.74 Å². The molecular formula is C23H20N4O2. The monoisotopic (exact) mass is 384 g/mol. The van der Waals surface area contributed by atoms with Crippen LogP contribution in [-0.2, 0) is 4.74 Å². The van der Waals surface area contributed by atoms with Crippen LogP contribution in [0.25, 0.3) is 22.2 Å². The molecule has 0 aliphatic rings. The molecule has 4 aromatic rings. The van der Waals surface area contributed by atoms with Crippen molar-refractivity contribution in [2.24, 2.45) is 0 Å². The number of anilines is 1. The summed E-state index contributed by atoms with van der Waals surface area (Å²) in [6.45, 7) is 2.08. The summed E-state index contributed by atoms with van der Waals surface area (Å²) in [7, 11) is 1.36. The van der Waals surface area contributed by atoms with Crippen molar-refractivity contribution in [3.63, 3.8) is 0 Å². The van der Waals surface area contributed by atoms with Gasteiger partial charge in [0.1, 0.15) is 12.1 Å². The summed E-state index contributed by atoms with van der Waals surface area (Å²) in [6, 6.07) is 19.4. The van der Waals surface area contributed by atoms with Gasteiger partial charge in [-0.05, 0) is 36.8 Å². The maximum atomic E-state index is 12.1. The molecule has 6 nitrogen and oxygen atoms in total. The quantitative estimate of drug-likeness (QED) is 0.505. The van der Waals surface area contributed by atoms with Crippen LogP contribution in [0.3, 0.4) is 0 Å². The first kappa shape index (κ1) is 18.6. The number of hydrogen-bond donors (Lipinski definition) is 1. The fourth-order valence-electron chi connectivity index (χ4n) is 3.26. The van der Waals surface area contributed by atoms with Gasteiger partial charge in [-0.25, -0.2) is 14.8 Å². The van der Waals surface area contributed by atoms with Crippen LogP contribution in [0, 0.1) is 0 Å². The maximum Gasteiger partial charge on any atom is 0.340 e. The molecule has 0 saturated heterocycles. The first-order chi connectivity index (χ1) is 14.2. The van der Waals surface area contributed by atoms with E-state index in [0.29, 0.717) is 11.3 Å². The fourth-order valence-corrected chi connectivity index (χ4v) is 3.26. The van der Waals surface area contributed by atoms with E-state index in [0.717, 1.165) is 27.8 Å². The van der Waals surface area contributed by atoms with Crippen molar-refractivity contribution in [3.8, 4) is 11.3 Å². The number of nitrogens with zero attached hydrogens (tertiary/aromatic N) is 3. The number of methoxy groups -OCH3 is 1. The number of rotatable bonds is 5. The minimum atomic E-state index is -0.423. The van der Waals surface area contributed by atoms with Crippen molar-refractivity contribution in [2.45, 2.75) is 13.0 Å². The number of carbonyl (C=O) groups excluding carboxylic acids is 1. The van der Waals surface area contributed by atoms with E-state index in [-0.39, 0.29) is 6.04 Å². The summed E-state index contributed by atoms with van der Waals surface area (Å²) in [4.78, 5) is 25.4. The van der Waals surface area contributed by atoms with Crippen LogP contribution in [0.1, 0.15) is 28.9 Å². The molecule has 1 atom stereocenters. The molecule has 2 aromatic carbocycles. The van der Waals surface area contributed by atoms with Gasteiger partial charge in [-0.2, -0.15) is 0 Å². The van der Waals surface area contributed by atoms with E-state index in [9.17, 15) is 4.79 Å². The number of benzene rings is 2. The summed E-state index contributed by atoms with van der Waals surface area (Å²) >= 11 is 0. The maximum absolute atomic E-state index is 12.1. The van der Waals surface area contributed by atoms with Crippen LogP contribution in [0.4, 0.5) is 5.82 Å². The molecule has 0 radical (unpaired) electrons. The molecule has 0 spiro atoms. The van der Waals surface area contributed by atoms with E-state index in [1.54, 1.807) is 24.7 Å². The molecule has 0 aliphatic heterocycles. The molecule has 2 aromatic heterocycles. The molecular weight excluding hydrogens is 364 g/mol. The lowest BCUT2D eigenvalue weighted by Crippen LogP contribution is -2.08. The van der Waals surface area contributed by atoms with Crippen molar-refractivity contribution < 1.29 is 9.53 Å². The molecule has 144 valence electrons. The molecule has 1 N–H and O–H groups in total. The number of fused-ring (bicyclic) bond motifs is 1. The fraction of sp³-hybridized carbons (Fsp3) is 0.130. The van der Waals surface area contributed by atoms with Gasteiger partial charge in [-0.3, -0.25) is 4.98 Å². The van der Waals surface area contributed by atoms with Crippen molar-refractivity contribution >= 4 is 22.7 Å². The zero-order valence-electron chi connectivity index (χ0n) is 16.2. The predicted octanol–water partition coefficient (Wildman–Crippen LogP) is 4.65. The average Bonchev–Trinajstić information content (AvgIpc) is 2.79. The zero-order valence-corrected chi connectivity index (χ0v) is 16.2. The molecule has 0 fully saturated rings. The normalized spacial score (nSPS) is 11.8. The Bertz CT molecular complexity index is 1160. The Morgan fingerprint density at radius 1 is 1.00 bits per heavy atom. The summed E-state index contributed by atoms with van der Waals surface area (Å²) in [6.07, 6.45) is 3.20. The molecule has 6 heteroatoms. The highest BCUT2D eigenvalue weighted by Gasteiger charge is 2.16. The first-order valence-corrected chi connectivity index (χ1v) is 9.27. The number of ether oxygens (including phenoxy) is 1. The molecule has 29 heavy (non-hydrogen) atoms. The van der Waals surface area contributed by atoms with Gasteiger partial charge in [-0.1, -0.05) is 36.4 Å². The zero-order chi connectivity index (χ0) is 20.2. The van der Waals surface area contributed by atoms with Crippen molar-refractivity contribution in [1.82, 2.24) is 15.0 Å². The number of carbonyl (C=O) groups is 1. The van der Waals surface area contributed by atoms with Crippen LogP contribution in [0.5, 0.6) is 0 Å². The van der Waals surface area contributed by atoms with Crippen LogP contribution < -0.4 is 5.32 Å². The highest BCUT2D eigenvalue weighted by Crippen LogP contribution is 2.29. The van der Waals surface area contributed by atoms with E-state index in [1.165, 1.54) is 7.11 Å². The van der Waals surface area contributed by atoms with Crippen LogP contribution >= 0.6 is 0 Å². The summed E-state index contributed by atoms with van der Waals surface area (Å²) in [5.41, 5.74) is 3.74. The van der Waals surface area contributed by atoms with Gasteiger partial charge in [-0.15, -0.1) is 0 Å². The molecule has 4 rings (SSSR count). The second-order valence-corrected chi connectivity index (χ2v) is 6.62. The lowest BCUT2D eigenvalue weighted by molar-refractivity contribution is 0.0601. The van der Waals surface area contributed by atoms with E-state index in [2.05, 4.69) is 39.3 Å². The van der Waals surface area contributed by atoms with Gasteiger partial charge in [0, 0.05) is 23.2 Å². The standard InChI is InChI=1S/C23H20N4O2/c1-15(16-7-4-3-5-8-16)27-22-19-13-17(10-11-20(19)25-14-26-22)21-18(23(28)29-2)9-6-12-24-21/h3-15H,1-2H3,(H,25,26,27)/t15-/m1/s1. The Hall–Kier alpha value is -3.80. The third-order valence-corrected chi connectivity index (χ3v) is 4.77. The van der Waals surface area contributed by atoms with Crippen LogP contribution in [0.15, 0.2) is 73.2 Å². The van der Waals surface area contributed by atoms with Gasteiger partial charge < -0.3 is 10.1 Å². The summed E-state index contributed by atoms with van der Waals surface area (Å²) < 4.78 is 4.90. The second kappa shape index (κ2) is 8.06. The number of esters is 1. The van der Waals surface area contributed by atoms with Crippen LogP contribution in [0.2, 0.25) is 0 Å². The third-order valence-electron chi connectivity index (χ3n) is 4.77. The highest BCUT2D eigenvalue weighted by molar-refractivity contribution is 5.98. The van der Waals surface area contributed by atoms with Crippen molar-refractivity contribution in [3.05, 3.63) is 84.3 Å². The molecule has 0 bridgehead atoms. The molecule has 2 heterocycles. The third kappa shape index (κ3) is 3.78. The van der Waals surface area contributed by atoms with Gasteiger partial charge in [0.2, 0.25) is 0 Å². The predicted molar refractivity (Wildman–Crippen MR) is 113 cm³/mol. The Morgan fingerprint density at radius 2 is 1.83 bits per heavy atom. The number of aromatic nitrogens is 3. The molecule has 0 amide bonds. The smallest absolute Gasteiger partial charge is 0.340 e. The Kier molecular flexibility index (Phi) is 5.16. The first-order valence-electron chi connectivity index (χ1n) is 9.27. The van der Waals surface area contributed by atoms with E-state index < -0.39 is 5.97 Å². The SMILES string of the molecule is COC(=O)c1cccnc1-c1ccc2ncnc(N[C@H](C)c3ccccc3)c2c1. The van der Waals surface area contributed by atoms with Gasteiger partial charge in [0.25, 0.3) is 0 Å². The molecule has 0 saturated carbocycles. The topological polar surface area (TPSA) is 77.0 Å². The number of pyridine rings is 1.